The first-order valence-corrected chi connectivity index (χ1v) is 6.29. The number of halogens is 1. The molecule has 0 N–H and O–H groups in total. The highest BCUT2D eigenvalue weighted by molar-refractivity contribution is 6.34. The maximum Gasteiger partial charge on any atom is 0.216 e. The minimum Gasteiger partial charge on any atom is -0.494 e. The molecule has 0 spiro atoms. The minimum atomic E-state index is -0.261. The summed E-state index contributed by atoms with van der Waals surface area (Å²) in [5.74, 6) is 0.135. The van der Waals surface area contributed by atoms with Crippen molar-refractivity contribution >= 4 is 17.4 Å². The molecule has 0 fully saturated rings. The van der Waals surface area contributed by atoms with E-state index in [0.29, 0.717) is 35.2 Å². The first kappa shape index (κ1) is 14.5. The molecule has 7 heteroatoms. The van der Waals surface area contributed by atoms with E-state index in [-0.39, 0.29) is 5.78 Å². The lowest BCUT2D eigenvalue weighted by Crippen LogP contribution is -2.15. The van der Waals surface area contributed by atoms with Gasteiger partial charge in [0.15, 0.2) is 0 Å². The average molecular weight is 296 g/mol. The molecule has 2 rings (SSSR count). The molecule has 0 saturated heterocycles. The Labute approximate surface area is 121 Å². The van der Waals surface area contributed by atoms with Gasteiger partial charge in [0, 0.05) is 13.3 Å². The van der Waals surface area contributed by atoms with Crippen LogP contribution in [0.2, 0.25) is 5.02 Å². The van der Waals surface area contributed by atoms with Crippen molar-refractivity contribution in [3.05, 3.63) is 40.9 Å². The Balaban J connectivity index is 2.40. The minimum absolute atomic E-state index is 0.261. The molecular formula is C13H14ClN3O3. The Morgan fingerprint density at radius 1 is 1.40 bits per heavy atom. The van der Waals surface area contributed by atoms with Gasteiger partial charge in [0.25, 0.3) is 0 Å². The van der Waals surface area contributed by atoms with E-state index in [1.165, 1.54) is 30.4 Å². The van der Waals surface area contributed by atoms with E-state index < -0.39 is 0 Å². The highest BCUT2D eigenvalue weighted by atomic mass is 35.5. The van der Waals surface area contributed by atoms with Crippen molar-refractivity contribution in [3.63, 3.8) is 0 Å². The number of hydrogen-bond acceptors (Lipinski definition) is 5. The van der Waals surface area contributed by atoms with Gasteiger partial charge in [0.1, 0.15) is 11.4 Å². The summed E-state index contributed by atoms with van der Waals surface area (Å²) in [6, 6.07) is 1.59. The van der Waals surface area contributed by atoms with Crippen LogP contribution in [0.25, 0.3) is 0 Å². The number of carbonyl (C=O) groups excluding carboxylic acids is 1. The van der Waals surface area contributed by atoms with Gasteiger partial charge in [-0.1, -0.05) is 11.6 Å². The van der Waals surface area contributed by atoms with Crippen LogP contribution in [0.1, 0.15) is 16.1 Å². The second-order valence-corrected chi connectivity index (χ2v) is 4.37. The summed E-state index contributed by atoms with van der Waals surface area (Å²) in [5.41, 5.74) is 0.705. The van der Waals surface area contributed by atoms with Gasteiger partial charge in [-0.15, -0.1) is 0 Å². The number of aromatic nitrogens is 3. The largest absolute Gasteiger partial charge is 0.494 e. The lowest BCUT2D eigenvalue weighted by atomic mass is 10.1. The Bertz CT molecular complexity index is 613. The van der Waals surface area contributed by atoms with E-state index in [1.807, 2.05) is 0 Å². The van der Waals surface area contributed by atoms with Crippen LogP contribution in [0.4, 0.5) is 0 Å². The molecule has 0 aliphatic heterocycles. The number of rotatable bonds is 6. The van der Waals surface area contributed by atoms with E-state index in [1.54, 1.807) is 13.2 Å². The third-order valence-corrected chi connectivity index (χ3v) is 3.04. The zero-order chi connectivity index (χ0) is 14.5. The number of pyridine rings is 1. The molecule has 0 aliphatic carbocycles. The summed E-state index contributed by atoms with van der Waals surface area (Å²) in [5, 5.41) is 4.38. The van der Waals surface area contributed by atoms with Gasteiger partial charge in [0.2, 0.25) is 5.78 Å². The molecular weight excluding hydrogens is 282 g/mol. The Kier molecular flexibility index (Phi) is 4.70. The van der Waals surface area contributed by atoms with Crippen molar-refractivity contribution in [1.82, 2.24) is 14.8 Å². The third-order valence-electron chi connectivity index (χ3n) is 2.77. The van der Waals surface area contributed by atoms with Crippen molar-refractivity contribution < 1.29 is 14.3 Å². The monoisotopic (exact) mass is 295 g/mol. The van der Waals surface area contributed by atoms with Crippen molar-refractivity contribution in [1.29, 1.82) is 0 Å². The molecule has 0 bridgehead atoms. The standard InChI is InChI=1S/C13H14ClN3O3/c1-19-6-5-17-12(10(14)7-16-17)13(18)9-3-4-15-8-11(9)20-2/h3-4,7-8H,5-6H2,1-2H3. The van der Waals surface area contributed by atoms with E-state index >= 15 is 0 Å². The average Bonchev–Trinajstić information content (AvgIpc) is 2.85. The number of methoxy groups -OCH3 is 2. The summed E-state index contributed by atoms with van der Waals surface area (Å²) in [7, 11) is 3.07. The molecule has 2 aromatic rings. The lowest BCUT2D eigenvalue weighted by Gasteiger charge is -2.09. The zero-order valence-electron chi connectivity index (χ0n) is 11.2. The van der Waals surface area contributed by atoms with Gasteiger partial charge in [0.05, 0.1) is 43.2 Å². The topological polar surface area (TPSA) is 66.2 Å². The Hall–Kier alpha value is -1.92. The second-order valence-electron chi connectivity index (χ2n) is 3.96. The molecule has 0 radical (unpaired) electrons. The number of ketones is 1. The molecule has 6 nitrogen and oxygen atoms in total. The first-order valence-electron chi connectivity index (χ1n) is 5.92. The molecule has 0 aromatic carbocycles. The van der Waals surface area contributed by atoms with E-state index in [2.05, 4.69) is 10.1 Å². The molecule has 0 saturated carbocycles. The quantitative estimate of drug-likeness (QED) is 0.761. The molecule has 2 heterocycles. The van der Waals surface area contributed by atoms with Crippen LogP contribution in [-0.2, 0) is 11.3 Å². The fraction of sp³-hybridized carbons (Fsp3) is 0.308. The fourth-order valence-electron chi connectivity index (χ4n) is 1.79. The summed E-state index contributed by atoms with van der Waals surface area (Å²) in [6.45, 7) is 0.878. The van der Waals surface area contributed by atoms with Gasteiger partial charge < -0.3 is 9.47 Å². The highest BCUT2D eigenvalue weighted by Gasteiger charge is 2.22. The van der Waals surface area contributed by atoms with Gasteiger partial charge in [-0.3, -0.25) is 14.5 Å². The molecule has 0 aliphatic rings. The Morgan fingerprint density at radius 2 is 2.20 bits per heavy atom. The molecule has 106 valence electrons. The number of carbonyl (C=O) groups is 1. The number of ether oxygens (including phenoxy) is 2. The van der Waals surface area contributed by atoms with Crippen LogP contribution < -0.4 is 4.74 Å². The fourth-order valence-corrected chi connectivity index (χ4v) is 2.02. The van der Waals surface area contributed by atoms with Crippen LogP contribution in [0.15, 0.2) is 24.7 Å². The first-order chi connectivity index (χ1) is 9.69. The highest BCUT2D eigenvalue weighted by Crippen LogP contribution is 2.24. The SMILES string of the molecule is COCCn1ncc(Cl)c1C(=O)c1ccncc1OC. The normalized spacial score (nSPS) is 10.6. The zero-order valence-corrected chi connectivity index (χ0v) is 11.9. The summed E-state index contributed by atoms with van der Waals surface area (Å²) in [4.78, 5) is 16.5. The number of nitrogens with zero attached hydrogens (tertiary/aromatic N) is 3. The van der Waals surface area contributed by atoms with E-state index in [0.717, 1.165) is 0 Å². The summed E-state index contributed by atoms with van der Waals surface area (Å²) < 4.78 is 11.7. The van der Waals surface area contributed by atoms with Gasteiger partial charge in [-0.25, -0.2) is 0 Å². The molecule has 0 atom stereocenters. The van der Waals surface area contributed by atoms with Crippen molar-refractivity contribution in [3.8, 4) is 5.75 Å². The molecule has 20 heavy (non-hydrogen) atoms. The van der Waals surface area contributed by atoms with Crippen LogP contribution >= 0.6 is 11.6 Å². The van der Waals surface area contributed by atoms with Crippen LogP contribution in [0.5, 0.6) is 5.75 Å². The molecule has 0 amide bonds. The van der Waals surface area contributed by atoms with Gasteiger partial charge in [-0.05, 0) is 6.07 Å². The van der Waals surface area contributed by atoms with Gasteiger partial charge in [-0.2, -0.15) is 5.10 Å². The van der Waals surface area contributed by atoms with Gasteiger partial charge >= 0.3 is 0 Å². The van der Waals surface area contributed by atoms with Crippen LogP contribution in [-0.4, -0.2) is 41.4 Å². The lowest BCUT2D eigenvalue weighted by molar-refractivity contribution is 0.102. The van der Waals surface area contributed by atoms with Crippen molar-refractivity contribution in [2.24, 2.45) is 0 Å². The molecule has 0 unspecified atom stereocenters. The second kappa shape index (κ2) is 6.49. The van der Waals surface area contributed by atoms with Crippen LogP contribution in [0.3, 0.4) is 0 Å². The predicted molar refractivity (Wildman–Crippen MR) is 73.3 cm³/mol. The van der Waals surface area contributed by atoms with Crippen molar-refractivity contribution in [2.75, 3.05) is 20.8 Å². The smallest absolute Gasteiger partial charge is 0.216 e. The summed E-state index contributed by atoms with van der Waals surface area (Å²) >= 11 is 6.06. The predicted octanol–water partition coefficient (Wildman–Crippen LogP) is 1.82. The maximum atomic E-state index is 12.6. The van der Waals surface area contributed by atoms with E-state index in [4.69, 9.17) is 21.1 Å². The summed E-state index contributed by atoms with van der Waals surface area (Å²) in [6.07, 6.45) is 4.45. The molecule has 2 aromatic heterocycles. The maximum absolute atomic E-state index is 12.6. The van der Waals surface area contributed by atoms with Crippen LogP contribution in [0, 0.1) is 0 Å². The van der Waals surface area contributed by atoms with E-state index in [9.17, 15) is 4.79 Å². The third kappa shape index (κ3) is 2.81. The number of hydrogen-bond donors (Lipinski definition) is 0. The Morgan fingerprint density at radius 3 is 2.90 bits per heavy atom. The van der Waals surface area contributed by atoms with Crippen molar-refractivity contribution in [2.45, 2.75) is 6.54 Å².